The second-order valence-electron chi connectivity index (χ2n) is 5.41. The van der Waals surface area contributed by atoms with E-state index in [-0.39, 0.29) is 5.91 Å². The lowest BCUT2D eigenvalue weighted by Gasteiger charge is -2.27. The van der Waals surface area contributed by atoms with Gasteiger partial charge in [0.1, 0.15) is 11.1 Å². The van der Waals surface area contributed by atoms with Gasteiger partial charge in [-0.2, -0.15) is 5.26 Å². The first-order valence-corrected chi connectivity index (χ1v) is 8.12. The van der Waals surface area contributed by atoms with Crippen LogP contribution >= 0.6 is 11.3 Å². The molecule has 2 N–H and O–H groups in total. The van der Waals surface area contributed by atoms with E-state index in [4.69, 9.17) is 11.0 Å². The van der Waals surface area contributed by atoms with Crippen LogP contribution in [0.2, 0.25) is 0 Å². The molecular weight excluding hydrogens is 294 g/mol. The first kappa shape index (κ1) is 14.6. The molecule has 1 amide bonds. The standard InChI is InChI=1S/C17H17N3OS/c18-10-14-13-8-9-20(11-15(13)22-17(14)19)16(21)7-6-12-4-2-1-3-5-12/h1-5H,6-9,11,19H2. The third-order valence-electron chi connectivity index (χ3n) is 4.02. The van der Waals surface area contributed by atoms with Crippen molar-refractivity contribution in [2.45, 2.75) is 25.8 Å². The Balaban J connectivity index is 1.64. The summed E-state index contributed by atoms with van der Waals surface area (Å²) in [5.74, 6) is 0.167. The van der Waals surface area contributed by atoms with Crippen molar-refractivity contribution in [3.63, 3.8) is 0 Å². The predicted octanol–water partition coefficient (Wildman–Crippen LogP) is 2.72. The lowest BCUT2D eigenvalue weighted by molar-refractivity contribution is -0.132. The molecule has 0 radical (unpaired) electrons. The highest BCUT2D eigenvalue weighted by molar-refractivity contribution is 7.16. The Labute approximate surface area is 133 Å². The maximum atomic E-state index is 12.4. The first-order valence-electron chi connectivity index (χ1n) is 7.31. The van der Waals surface area contributed by atoms with Gasteiger partial charge in [0.05, 0.1) is 12.1 Å². The number of benzene rings is 1. The Morgan fingerprint density at radius 3 is 2.86 bits per heavy atom. The summed E-state index contributed by atoms with van der Waals surface area (Å²) in [5, 5.41) is 9.72. The van der Waals surface area contributed by atoms with Crippen molar-refractivity contribution >= 4 is 22.2 Å². The molecule has 1 aliphatic rings. The zero-order chi connectivity index (χ0) is 15.5. The van der Waals surface area contributed by atoms with Crippen LogP contribution in [0.1, 0.15) is 28.0 Å². The molecule has 22 heavy (non-hydrogen) atoms. The van der Waals surface area contributed by atoms with E-state index in [9.17, 15) is 4.79 Å². The van der Waals surface area contributed by atoms with Crippen molar-refractivity contribution in [1.29, 1.82) is 5.26 Å². The van der Waals surface area contributed by atoms with Crippen LogP contribution in [-0.4, -0.2) is 17.4 Å². The van der Waals surface area contributed by atoms with E-state index in [1.807, 2.05) is 35.2 Å². The molecule has 0 saturated carbocycles. The van der Waals surface area contributed by atoms with Gasteiger partial charge in [-0.3, -0.25) is 4.79 Å². The highest BCUT2D eigenvalue weighted by atomic mass is 32.1. The van der Waals surface area contributed by atoms with Crippen LogP contribution < -0.4 is 5.73 Å². The van der Waals surface area contributed by atoms with E-state index in [0.717, 1.165) is 23.3 Å². The molecule has 0 unspecified atom stereocenters. The van der Waals surface area contributed by atoms with E-state index in [1.54, 1.807) is 0 Å². The van der Waals surface area contributed by atoms with E-state index in [0.29, 0.717) is 30.1 Å². The van der Waals surface area contributed by atoms with Gasteiger partial charge < -0.3 is 10.6 Å². The number of amides is 1. The molecule has 0 fully saturated rings. The topological polar surface area (TPSA) is 70.1 Å². The maximum absolute atomic E-state index is 12.4. The van der Waals surface area contributed by atoms with E-state index >= 15 is 0 Å². The van der Waals surface area contributed by atoms with Crippen LogP contribution in [0.25, 0.3) is 0 Å². The fourth-order valence-electron chi connectivity index (χ4n) is 2.81. The molecular formula is C17H17N3OS. The van der Waals surface area contributed by atoms with Gasteiger partial charge in [-0.1, -0.05) is 30.3 Å². The van der Waals surface area contributed by atoms with Gasteiger partial charge in [0.25, 0.3) is 0 Å². The summed E-state index contributed by atoms with van der Waals surface area (Å²) in [4.78, 5) is 15.3. The Morgan fingerprint density at radius 1 is 1.36 bits per heavy atom. The molecule has 4 nitrogen and oxygen atoms in total. The SMILES string of the molecule is N#Cc1c(N)sc2c1CCN(C(=O)CCc1ccccc1)C2. The molecule has 5 heteroatoms. The van der Waals surface area contributed by atoms with Gasteiger partial charge in [-0.05, 0) is 24.0 Å². The van der Waals surface area contributed by atoms with Crippen molar-refractivity contribution in [3.05, 3.63) is 51.9 Å². The number of hydrogen-bond acceptors (Lipinski definition) is 4. The van der Waals surface area contributed by atoms with Gasteiger partial charge >= 0.3 is 0 Å². The monoisotopic (exact) mass is 311 g/mol. The number of fused-ring (bicyclic) bond motifs is 1. The second kappa shape index (κ2) is 6.20. The number of carbonyl (C=O) groups is 1. The minimum absolute atomic E-state index is 0.167. The van der Waals surface area contributed by atoms with Gasteiger partial charge in [0, 0.05) is 17.8 Å². The van der Waals surface area contributed by atoms with Gasteiger partial charge in [-0.15, -0.1) is 11.3 Å². The minimum Gasteiger partial charge on any atom is -0.389 e. The van der Waals surface area contributed by atoms with Gasteiger partial charge in [0.2, 0.25) is 5.91 Å². The molecule has 1 aliphatic heterocycles. The van der Waals surface area contributed by atoms with E-state index < -0.39 is 0 Å². The Hall–Kier alpha value is -2.32. The lowest BCUT2D eigenvalue weighted by atomic mass is 10.0. The number of anilines is 1. The quantitative estimate of drug-likeness (QED) is 0.947. The summed E-state index contributed by atoms with van der Waals surface area (Å²) in [6.07, 6.45) is 2.01. The van der Waals surface area contributed by atoms with Crippen molar-refractivity contribution in [2.75, 3.05) is 12.3 Å². The summed E-state index contributed by atoms with van der Waals surface area (Å²) in [7, 11) is 0. The number of nitrogens with two attached hydrogens (primary N) is 1. The number of nitrogens with zero attached hydrogens (tertiary/aromatic N) is 2. The lowest BCUT2D eigenvalue weighted by Crippen LogP contribution is -2.35. The number of thiophene rings is 1. The molecule has 1 aromatic heterocycles. The number of hydrogen-bond donors (Lipinski definition) is 1. The molecule has 112 valence electrons. The second-order valence-corrected chi connectivity index (χ2v) is 6.54. The molecule has 0 aliphatic carbocycles. The highest BCUT2D eigenvalue weighted by Crippen LogP contribution is 2.34. The van der Waals surface area contributed by atoms with Crippen molar-refractivity contribution in [2.24, 2.45) is 0 Å². The molecule has 2 heterocycles. The van der Waals surface area contributed by atoms with Crippen molar-refractivity contribution in [1.82, 2.24) is 4.90 Å². The third kappa shape index (κ3) is 2.83. The average molecular weight is 311 g/mol. The van der Waals surface area contributed by atoms with Gasteiger partial charge in [0.15, 0.2) is 0 Å². The fraction of sp³-hybridized carbons (Fsp3) is 0.294. The van der Waals surface area contributed by atoms with E-state index in [1.165, 1.54) is 16.9 Å². The summed E-state index contributed by atoms with van der Waals surface area (Å²) in [6, 6.07) is 12.2. The Bertz CT molecular complexity index is 730. The maximum Gasteiger partial charge on any atom is 0.223 e. The third-order valence-corrected chi connectivity index (χ3v) is 5.06. The zero-order valence-electron chi connectivity index (χ0n) is 12.2. The minimum atomic E-state index is 0.167. The smallest absolute Gasteiger partial charge is 0.223 e. The number of nitriles is 1. The number of nitrogen functional groups attached to an aromatic ring is 1. The summed E-state index contributed by atoms with van der Waals surface area (Å²) < 4.78 is 0. The predicted molar refractivity (Wildman–Crippen MR) is 87.3 cm³/mol. The molecule has 0 saturated heterocycles. The van der Waals surface area contributed by atoms with Crippen LogP contribution in [0.15, 0.2) is 30.3 Å². The zero-order valence-corrected chi connectivity index (χ0v) is 13.0. The van der Waals surface area contributed by atoms with Crippen LogP contribution in [-0.2, 0) is 24.2 Å². The number of rotatable bonds is 3. The van der Waals surface area contributed by atoms with Gasteiger partial charge in [-0.25, -0.2) is 0 Å². The van der Waals surface area contributed by atoms with Crippen LogP contribution in [0, 0.1) is 11.3 Å². The number of aryl methyl sites for hydroxylation is 1. The van der Waals surface area contributed by atoms with Crippen LogP contribution in [0.4, 0.5) is 5.00 Å². The largest absolute Gasteiger partial charge is 0.389 e. The molecule has 0 spiro atoms. The average Bonchev–Trinajstić information content (AvgIpc) is 2.87. The molecule has 3 rings (SSSR count). The highest BCUT2D eigenvalue weighted by Gasteiger charge is 2.25. The van der Waals surface area contributed by atoms with Crippen LogP contribution in [0.5, 0.6) is 0 Å². The molecule has 0 atom stereocenters. The fourth-order valence-corrected chi connectivity index (χ4v) is 3.90. The Morgan fingerprint density at radius 2 is 2.14 bits per heavy atom. The number of carbonyl (C=O) groups excluding carboxylic acids is 1. The summed E-state index contributed by atoms with van der Waals surface area (Å²) in [6.45, 7) is 1.25. The molecule has 1 aromatic carbocycles. The first-order chi connectivity index (χ1) is 10.7. The normalized spacial score (nSPS) is 13.5. The van der Waals surface area contributed by atoms with E-state index in [2.05, 4.69) is 6.07 Å². The van der Waals surface area contributed by atoms with Crippen molar-refractivity contribution in [3.8, 4) is 6.07 Å². The molecule has 2 aromatic rings. The van der Waals surface area contributed by atoms with Crippen molar-refractivity contribution < 1.29 is 4.79 Å². The Kier molecular flexibility index (Phi) is 4.12. The summed E-state index contributed by atoms with van der Waals surface area (Å²) in [5.41, 5.74) is 8.71. The summed E-state index contributed by atoms with van der Waals surface area (Å²) >= 11 is 1.44. The van der Waals surface area contributed by atoms with Crippen LogP contribution in [0.3, 0.4) is 0 Å². The molecule has 0 bridgehead atoms.